The van der Waals surface area contributed by atoms with Gasteiger partial charge in [-0.3, -0.25) is 0 Å². The molecule has 0 radical (unpaired) electrons. The predicted octanol–water partition coefficient (Wildman–Crippen LogP) is 2.38. The minimum Gasteiger partial charge on any atom is -0.409 e. The van der Waals surface area contributed by atoms with Gasteiger partial charge in [0.2, 0.25) is 0 Å². The first-order valence-electron chi connectivity index (χ1n) is 5.01. The highest BCUT2D eigenvalue weighted by Gasteiger charge is 1.99. The minimum atomic E-state index is 0.223. The third-order valence-electron chi connectivity index (χ3n) is 2.07. The molecule has 16 heavy (non-hydrogen) atoms. The lowest BCUT2D eigenvalue weighted by atomic mass is 10.2. The van der Waals surface area contributed by atoms with Gasteiger partial charge in [0.1, 0.15) is 5.84 Å². The average Bonchev–Trinajstić information content (AvgIpc) is 2.30. The van der Waals surface area contributed by atoms with E-state index in [1.54, 1.807) is 0 Å². The fraction of sp³-hybridized carbons (Fsp3) is 0.364. The summed E-state index contributed by atoms with van der Waals surface area (Å²) in [4.78, 5) is 0. The van der Waals surface area contributed by atoms with Crippen molar-refractivity contribution < 1.29 is 9.94 Å². The molecule has 0 unspecified atom stereocenters. The van der Waals surface area contributed by atoms with Gasteiger partial charge in [0.05, 0.1) is 6.61 Å². The van der Waals surface area contributed by atoms with Crippen molar-refractivity contribution in [1.82, 2.24) is 0 Å². The molecule has 0 saturated heterocycles. The minimum absolute atomic E-state index is 0.223. The second-order valence-corrected chi connectivity index (χ2v) is 3.75. The summed E-state index contributed by atoms with van der Waals surface area (Å²) in [7, 11) is 0. The van der Waals surface area contributed by atoms with Crippen LogP contribution in [0.1, 0.15) is 18.4 Å². The van der Waals surface area contributed by atoms with Crippen molar-refractivity contribution in [2.45, 2.75) is 19.4 Å². The smallest absolute Gasteiger partial charge is 0.139 e. The van der Waals surface area contributed by atoms with Crippen molar-refractivity contribution in [2.75, 3.05) is 6.61 Å². The van der Waals surface area contributed by atoms with Gasteiger partial charge in [-0.05, 0) is 18.1 Å². The van der Waals surface area contributed by atoms with Crippen LogP contribution in [-0.4, -0.2) is 17.6 Å². The van der Waals surface area contributed by atoms with Gasteiger partial charge in [0.25, 0.3) is 0 Å². The van der Waals surface area contributed by atoms with E-state index in [4.69, 9.17) is 27.3 Å². The second-order valence-electron chi connectivity index (χ2n) is 3.34. The molecule has 0 fully saturated rings. The molecular formula is C11H15ClN2O2. The SMILES string of the molecule is N/C(CCCOCc1ccccc1Cl)=N\O. The summed E-state index contributed by atoms with van der Waals surface area (Å²) in [6, 6.07) is 7.55. The monoisotopic (exact) mass is 242 g/mol. The highest BCUT2D eigenvalue weighted by molar-refractivity contribution is 6.31. The molecule has 0 aromatic heterocycles. The fourth-order valence-corrected chi connectivity index (χ4v) is 1.39. The number of oxime groups is 1. The van der Waals surface area contributed by atoms with Gasteiger partial charge in [0.15, 0.2) is 0 Å². The molecule has 0 aliphatic heterocycles. The van der Waals surface area contributed by atoms with Crippen LogP contribution in [0, 0.1) is 0 Å². The summed E-state index contributed by atoms with van der Waals surface area (Å²) in [5, 5.41) is 11.9. The van der Waals surface area contributed by atoms with Gasteiger partial charge in [-0.15, -0.1) is 0 Å². The van der Waals surface area contributed by atoms with Gasteiger partial charge in [-0.2, -0.15) is 0 Å². The molecular weight excluding hydrogens is 228 g/mol. The number of amidine groups is 1. The summed E-state index contributed by atoms with van der Waals surface area (Å²) in [6.07, 6.45) is 1.25. The Morgan fingerprint density at radius 3 is 2.88 bits per heavy atom. The van der Waals surface area contributed by atoms with Crippen molar-refractivity contribution >= 4 is 17.4 Å². The summed E-state index contributed by atoms with van der Waals surface area (Å²) >= 11 is 5.96. The van der Waals surface area contributed by atoms with Gasteiger partial charge >= 0.3 is 0 Å². The molecule has 0 saturated carbocycles. The van der Waals surface area contributed by atoms with Crippen LogP contribution in [-0.2, 0) is 11.3 Å². The summed E-state index contributed by atoms with van der Waals surface area (Å²) < 4.78 is 5.42. The topological polar surface area (TPSA) is 67.8 Å². The maximum absolute atomic E-state index is 8.31. The van der Waals surface area contributed by atoms with E-state index in [1.165, 1.54) is 0 Å². The number of rotatable bonds is 6. The van der Waals surface area contributed by atoms with E-state index in [1.807, 2.05) is 24.3 Å². The Morgan fingerprint density at radius 2 is 2.19 bits per heavy atom. The summed E-state index contributed by atoms with van der Waals surface area (Å²) in [5.41, 5.74) is 6.28. The fourth-order valence-electron chi connectivity index (χ4n) is 1.20. The molecule has 0 aliphatic carbocycles. The van der Waals surface area contributed by atoms with Crippen LogP contribution in [0.3, 0.4) is 0 Å². The molecule has 0 spiro atoms. The number of benzene rings is 1. The maximum Gasteiger partial charge on any atom is 0.139 e. The van der Waals surface area contributed by atoms with Crippen LogP contribution in [0.2, 0.25) is 5.02 Å². The first-order valence-corrected chi connectivity index (χ1v) is 5.39. The molecule has 0 atom stereocenters. The Hall–Kier alpha value is -1.26. The van der Waals surface area contributed by atoms with Crippen molar-refractivity contribution in [2.24, 2.45) is 10.9 Å². The number of halogens is 1. The highest BCUT2D eigenvalue weighted by atomic mass is 35.5. The molecule has 4 nitrogen and oxygen atoms in total. The zero-order chi connectivity index (χ0) is 11.8. The van der Waals surface area contributed by atoms with E-state index >= 15 is 0 Å². The quantitative estimate of drug-likeness (QED) is 0.265. The second kappa shape index (κ2) is 7.09. The Kier molecular flexibility index (Phi) is 5.67. The van der Waals surface area contributed by atoms with Gasteiger partial charge in [-0.25, -0.2) is 0 Å². The molecule has 0 heterocycles. The standard InChI is InChI=1S/C11H15ClN2O2/c12-10-5-2-1-4-9(10)8-16-7-3-6-11(13)14-15/h1-2,4-5,15H,3,6-8H2,(H2,13,14). The normalized spacial score (nSPS) is 11.7. The van der Waals surface area contributed by atoms with E-state index in [0.717, 1.165) is 12.0 Å². The van der Waals surface area contributed by atoms with E-state index < -0.39 is 0 Å². The van der Waals surface area contributed by atoms with E-state index in [-0.39, 0.29) is 5.84 Å². The van der Waals surface area contributed by atoms with Gasteiger partial charge < -0.3 is 15.7 Å². The van der Waals surface area contributed by atoms with Crippen LogP contribution in [0.4, 0.5) is 0 Å². The van der Waals surface area contributed by atoms with Gasteiger partial charge in [0, 0.05) is 18.1 Å². The lowest BCUT2D eigenvalue weighted by molar-refractivity contribution is 0.119. The molecule has 5 heteroatoms. The van der Waals surface area contributed by atoms with E-state index in [2.05, 4.69) is 5.16 Å². The van der Waals surface area contributed by atoms with Crippen LogP contribution in [0.25, 0.3) is 0 Å². The highest BCUT2D eigenvalue weighted by Crippen LogP contribution is 2.15. The maximum atomic E-state index is 8.31. The molecule has 1 rings (SSSR count). The van der Waals surface area contributed by atoms with Crippen molar-refractivity contribution in [3.8, 4) is 0 Å². The molecule has 0 aliphatic rings. The van der Waals surface area contributed by atoms with Crippen LogP contribution < -0.4 is 5.73 Å². The van der Waals surface area contributed by atoms with Crippen molar-refractivity contribution in [3.05, 3.63) is 34.9 Å². The van der Waals surface area contributed by atoms with E-state index in [9.17, 15) is 0 Å². The predicted molar refractivity (Wildman–Crippen MR) is 63.8 cm³/mol. The number of nitrogens with two attached hydrogens (primary N) is 1. The Labute approximate surface area is 99.7 Å². The molecule has 1 aromatic carbocycles. The summed E-state index contributed by atoms with van der Waals surface area (Å²) in [5.74, 6) is 0.223. The molecule has 1 aromatic rings. The lowest BCUT2D eigenvalue weighted by Crippen LogP contribution is -2.12. The van der Waals surface area contributed by atoms with Crippen molar-refractivity contribution in [3.63, 3.8) is 0 Å². The van der Waals surface area contributed by atoms with Crippen LogP contribution in [0.5, 0.6) is 0 Å². The van der Waals surface area contributed by atoms with E-state index in [0.29, 0.717) is 24.7 Å². The van der Waals surface area contributed by atoms with Crippen LogP contribution in [0.15, 0.2) is 29.4 Å². The zero-order valence-corrected chi connectivity index (χ0v) is 9.65. The average molecular weight is 243 g/mol. The Balaban J connectivity index is 2.19. The molecule has 88 valence electrons. The third-order valence-corrected chi connectivity index (χ3v) is 2.43. The Bertz CT molecular complexity index is 356. The molecule has 3 N–H and O–H groups in total. The first kappa shape index (κ1) is 12.8. The zero-order valence-electron chi connectivity index (χ0n) is 8.90. The lowest BCUT2D eigenvalue weighted by Gasteiger charge is -2.05. The van der Waals surface area contributed by atoms with Crippen LogP contribution >= 0.6 is 11.6 Å². The molecule has 0 bridgehead atoms. The Morgan fingerprint density at radius 1 is 1.44 bits per heavy atom. The third kappa shape index (κ3) is 4.51. The number of hydrogen-bond donors (Lipinski definition) is 2. The number of ether oxygens (including phenoxy) is 1. The van der Waals surface area contributed by atoms with Gasteiger partial charge in [-0.1, -0.05) is 35.0 Å². The molecule has 0 amide bonds. The number of nitrogens with zero attached hydrogens (tertiary/aromatic N) is 1. The number of hydrogen-bond acceptors (Lipinski definition) is 3. The van der Waals surface area contributed by atoms with Crippen molar-refractivity contribution in [1.29, 1.82) is 0 Å². The largest absolute Gasteiger partial charge is 0.409 e. The summed E-state index contributed by atoms with van der Waals surface area (Å²) in [6.45, 7) is 1.04. The first-order chi connectivity index (χ1) is 7.74.